The Morgan fingerprint density at radius 3 is 2.28 bits per heavy atom. The zero-order chi connectivity index (χ0) is 14.1. The second-order valence-electron chi connectivity index (χ2n) is 3.27. The van der Waals surface area contributed by atoms with Crippen LogP contribution in [0.5, 0.6) is 11.5 Å². The number of alkyl halides is 3. The maximum Gasteiger partial charge on any atom is 0.534 e. The van der Waals surface area contributed by atoms with Crippen molar-refractivity contribution in [3.8, 4) is 11.5 Å². The molecular weight excluding hydrogens is 277 g/mol. The number of hydrogen-bond donors (Lipinski definition) is 1. The van der Waals surface area contributed by atoms with Crippen molar-refractivity contribution in [1.82, 2.24) is 0 Å². The lowest BCUT2D eigenvalue weighted by Crippen LogP contribution is -2.28. The Hall–Kier alpha value is -1.77. The standard InChI is InChI=1S/C9H7F3O5S/c1-5-2-6(3-8(14)7(5)4-13)17-18(15,16)9(10,11)12/h2-4,14H,1H3. The Balaban J connectivity index is 3.20. The molecule has 1 rings (SSSR count). The number of carbonyl (C=O) groups excluding carboxylic acids is 1. The number of halogens is 3. The summed E-state index contributed by atoms with van der Waals surface area (Å²) >= 11 is 0. The number of hydrogen-bond acceptors (Lipinski definition) is 5. The number of aldehydes is 1. The van der Waals surface area contributed by atoms with E-state index in [1.165, 1.54) is 6.92 Å². The summed E-state index contributed by atoms with van der Waals surface area (Å²) in [6, 6.07) is 1.51. The molecule has 0 radical (unpaired) electrons. The molecule has 0 aromatic heterocycles. The number of rotatable bonds is 3. The molecule has 9 heteroatoms. The van der Waals surface area contributed by atoms with Crippen LogP contribution < -0.4 is 4.18 Å². The SMILES string of the molecule is Cc1cc(OS(=O)(=O)C(F)(F)F)cc(O)c1C=O. The average Bonchev–Trinajstić information content (AvgIpc) is 2.14. The Kier molecular flexibility index (Phi) is 3.56. The van der Waals surface area contributed by atoms with E-state index in [1.807, 2.05) is 0 Å². The van der Waals surface area contributed by atoms with Crippen LogP contribution in [0.3, 0.4) is 0 Å². The molecule has 18 heavy (non-hydrogen) atoms. The van der Waals surface area contributed by atoms with Crippen molar-refractivity contribution >= 4 is 16.4 Å². The van der Waals surface area contributed by atoms with E-state index >= 15 is 0 Å². The summed E-state index contributed by atoms with van der Waals surface area (Å²) in [5.41, 5.74) is -5.65. The minimum Gasteiger partial charge on any atom is -0.507 e. The third-order valence-electron chi connectivity index (χ3n) is 1.95. The molecule has 0 saturated heterocycles. The first-order chi connectivity index (χ1) is 8.08. The molecule has 0 heterocycles. The van der Waals surface area contributed by atoms with Crippen LogP contribution in [0.25, 0.3) is 0 Å². The first-order valence-corrected chi connectivity index (χ1v) is 5.79. The highest BCUT2D eigenvalue weighted by Gasteiger charge is 2.48. The second-order valence-corrected chi connectivity index (χ2v) is 4.81. The molecule has 0 bridgehead atoms. The van der Waals surface area contributed by atoms with E-state index in [4.69, 9.17) is 0 Å². The first-order valence-electron chi connectivity index (χ1n) is 4.38. The van der Waals surface area contributed by atoms with Crippen molar-refractivity contribution in [2.75, 3.05) is 0 Å². The number of phenolic OH excluding ortho intramolecular Hbond substituents is 1. The van der Waals surface area contributed by atoms with Crippen molar-refractivity contribution in [1.29, 1.82) is 0 Å². The van der Waals surface area contributed by atoms with Crippen molar-refractivity contribution in [3.05, 3.63) is 23.3 Å². The zero-order valence-corrected chi connectivity index (χ0v) is 9.67. The molecule has 1 aromatic rings. The Labute approximate surface area is 99.9 Å². The van der Waals surface area contributed by atoms with E-state index in [0.29, 0.717) is 6.07 Å². The normalized spacial score (nSPS) is 12.2. The molecule has 1 N–H and O–H groups in total. The lowest BCUT2D eigenvalue weighted by Gasteiger charge is -2.11. The molecule has 1 aromatic carbocycles. The van der Waals surface area contributed by atoms with E-state index in [2.05, 4.69) is 4.18 Å². The van der Waals surface area contributed by atoms with Crippen molar-refractivity contribution in [2.24, 2.45) is 0 Å². The van der Waals surface area contributed by atoms with Gasteiger partial charge in [-0.05, 0) is 18.6 Å². The maximum atomic E-state index is 12.0. The van der Waals surface area contributed by atoms with Crippen LogP contribution in [0.4, 0.5) is 13.2 Å². The lowest BCUT2D eigenvalue weighted by molar-refractivity contribution is -0.0500. The van der Waals surface area contributed by atoms with Crippen LogP contribution in [-0.2, 0) is 10.1 Å². The number of aryl methyl sites for hydroxylation is 1. The van der Waals surface area contributed by atoms with Gasteiger partial charge in [-0.25, -0.2) is 0 Å². The van der Waals surface area contributed by atoms with Gasteiger partial charge >= 0.3 is 15.6 Å². The molecular formula is C9H7F3O5S. The fraction of sp³-hybridized carbons (Fsp3) is 0.222. The Morgan fingerprint density at radius 1 is 1.33 bits per heavy atom. The summed E-state index contributed by atoms with van der Waals surface area (Å²) in [6.45, 7) is 1.30. The number of benzene rings is 1. The molecule has 0 aliphatic carbocycles. The van der Waals surface area contributed by atoms with Crippen molar-refractivity contribution in [2.45, 2.75) is 12.4 Å². The van der Waals surface area contributed by atoms with Gasteiger partial charge in [0.2, 0.25) is 0 Å². The predicted octanol–water partition coefficient (Wildman–Crippen LogP) is 1.74. The molecule has 0 amide bonds. The van der Waals surface area contributed by atoms with E-state index in [9.17, 15) is 31.5 Å². The van der Waals surface area contributed by atoms with Gasteiger partial charge in [0, 0.05) is 6.07 Å². The van der Waals surface area contributed by atoms with Crippen LogP contribution >= 0.6 is 0 Å². The summed E-state index contributed by atoms with van der Waals surface area (Å²) in [7, 11) is -5.80. The van der Waals surface area contributed by atoms with Gasteiger partial charge in [-0.15, -0.1) is 0 Å². The molecule has 0 unspecified atom stereocenters. The molecule has 0 fully saturated rings. The van der Waals surface area contributed by atoms with Crippen LogP contribution in [-0.4, -0.2) is 25.3 Å². The van der Waals surface area contributed by atoms with Gasteiger partial charge in [-0.3, -0.25) is 4.79 Å². The molecule has 0 spiro atoms. The van der Waals surface area contributed by atoms with E-state index in [1.54, 1.807) is 0 Å². The summed E-state index contributed by atoms with van der Waals surface area (Å²) in [6.07, 6.45) is 0.284. The highest BCUT2D eigenvalue weighted by Crippen LogP contribution is 2.31. The number of carbonyl (C=O) groups is 1. The summed E-state index contributed by atoms with van der Waals surface area (Å²) in [5, 5.41) is 9.28. The van der Waals surface area contributed by atoms with Crippen LogP contribution in [0, 0.1) is 6.92 Å². The van der Waals surface area contributed by atoms with E-state index in [-0.39, 0.29) is 17.4 Å². The molecule has 0 aliphatic heterocycles. The summed E-state index contributed by atoms with van der Waals surface area (Å²) in [5.74, 6) is -1.40. The minimum atomic E-state index is -5.80. The van der Waals surface area contributed by atoms with Crippen LogP contribution in [0.1, 0.15) is 15.9 Å². The first kappa shape index (κ1) is 14.3. The van der Waals surface area contributed by atoms with Gasteiger partial charge in [0.25, 0.3) is 0 Å². The average molecular weight is 284 g/mol. The van der Waals surface area contributed by atoms with Gasteiger partial charge in [0.1, 0.15) is 11.5 Å². The van der Waals surface area contributed by atoms with Crippen molar-refractivity contribution < 1.29 is 35.7 Å². The lowest BCUT2D eigenvalue weighted by atomic mass is 10.1. The topological polar surface area (TPSA) is 80.7 Å². The highest BCUT2D eigenvalue weighted by atomic mass is 32.2. The highest BCUT2D eigenvalue weighted by molar-refractivity contribution is 7.88. The largest absolute Gasteiger partial charge is 0.534 e. The third-order valence-corrected chi connectivity index (χ3v) is 2.92. The number of aromatic hydroxyl groups is 1. The molecule has 0 saturated carbocycles. The van der Waals surface area contributed by atoms with Crippen LogP contribution in [0.2, 0.25) is 0 Å². The van der Waals surface area contributed by atoms with Gasteiger partial charge in [-0.1, -0.05) is 0 Å². The second kappa shape index (κ2) is 4.48. The quantitative estimate of drug-likeness (QED) is 0.519. The van der Waals surface area contributed by atoms with Gasteiger partial charge in [0.15, 0.2) is 6.29 Å². The predicted molar refractivity (Wildman–Crippen MR) is 53.8 cm³/mol. The third kappa shape index (κ3) is 2.73. The van der Waals surface area contributed by atoms with Crippen LogP contribution in [0.15, 0.2) is 12.1 Å². The van der Waals surface area contributed by atoms with Gasteiger partial charge < -0.3 is 9.29 Å². The number of phenols is 1. The van der Waals surface area contributed by atoms with E-state index < -0.39 is 27.1 Å². The molecule has 5 nitrogen and oxygen atoms in total. The fourth-order valence-corrected chi connectivity index (χ4v) is 1.57. The summed E-state index contributed by atoms with van der Waals surface area (Å²) < 4.78 is 61.3. The molecule has 0 aliphatic rings. The fourth-order valence-electron chi connectivity index (χ4n) is 1.12. The smallest absolute Gasteiger partial charge is 0.507 e. The monoisotopic (exact) mass is 284 g/mol. The zero-order valence-electron chi connectivity index (χ0n) is 8.85. The Bertz CT molecular complexity index is 553. The van der Waals surface area contributed by atoms with Gasteiger partial charge in [-0.2, -0.15) is 21.6 Å². The van der Waals surface area contributed by atoms with Crippen molar-refractivity contribution in [3.63, 3.8) is 0 Å². The van der Waals surface area contributed by atoms with E-state index in [0.717, 1.165) is 6.07 Å². The molecule has 0 atom stereocenters. The molecule has 100 valence electrons. The maximum absolute atomic E-state index is 12.0. The summed E-state index contributed by atoms with van der Waals surface area (Å²) in [4.78, 5) is 10.5. The van der Waals surface area contributed by atoms with Gasteiger partial charge in [0.05, 0.1) is 5.56 Å². The minimum absolute atomic E-state index is 0.0809. The Morgan fingerprint density at radius 2 is 1.89 bits per heavy atom.